The third-order valence-corrected chi connectivity index (χ3v) is 2.67. The summed E-state index contributed by atoms with van der Waals surface area (Å²) in [4.78, 5) is 0. The van der Waals surface area contributed by atoms with Crippen molar-refractivity contribution in [1.82, 2.24) is 9.78 Å². The molecule has 0 radical (unpaired) electrons. The van der Waals surface area contributed by atoms with Crippen LogP contribution in [-0.2, 0) is 13.2 Å². The standard InChI is InChI=1S/C9H7F3N2S/c1-14-8(9(10,11)12)4-7(13-14)6-2-3-15-5-6/h2-5H,1H3. The molecule has 2 heterocycles. The van der Waals surface area contributed by atoms with Crippen LogP contribution in [0.4, 0.5) is 13.2 Å². The maximum absolute atomic E-state index is 12.4. The molecule has 0 fully saturated rings. The van der Waals surface area contributed by atoms with Crippen molar-refractivity contribution in [3.8, 4) is 11.3 Å². The Balaban J connectivity index is 2.47. The van der Waals surface area contributed by atoms with Gasteiger partial charge in [0, 0.05) is 18.0 Å². The van der Waals surface area contributed by atoms with E-state index < -0.39 is 11.9 Å². The molecule has 80 valence electrons. The van der Waals surface area contributed by atoms with Crippen LogP contribution >= 0.6 is 11.3 Å². The van der Waals surface area contributed by atoms with Gasteiger partial charge in [0.25, 0.3) is 0 Å². The zero-order valence-electron chi connectivity index (χ0n) is 7.75. The fourth-order valence-electron chi connectivity index (χ4n) is 1.28. The number of nitrogens with zero attached hydrogens (tertiary/aromatic N) is 2. The Hall–Kier alpha value is -1.30. The van der Waals surface area contributed by atoms with Crippen LogP contribution < -0.4 is 0 Å². The zero-order valence-corrected chi connectivity index (χ0v) is 8.56. The largest absolute Gasteiger partial charge is 0.433 e. The molecule has 2 aromatic heterocycles. The van der Waals surface area contributed by atoms with Gasteiger partial charge in [-0.05, 0) is 17.5 Å². The van der Waals surface area contributed by atoms with E-state index in [2.05, 4.69) is 5.10 Å². The molecular weight excluding hydrogens is 225 g/mol. The summed E-state index contributed by atoms with van der Waals surface area (Å²) in [6.45, 7) is 0. The van der Waals surface area contributed by atoms with Gasteiger partial charge in [-0.15, -0.1) is 0 Å². The minimum atomic E-state index is -4.35. The van der Waals surface area contributed by atoms with Crippen molar-refractivity contribution in [1.29, 1.82) is 0 Å². The van der Waals surface area contributed by atoms with Gasteiger partial charge in [-0.25, -0.2) is 0 Å². The third kappa shape index (κ3) is 1.90. The molecule has 0 saturated carbocycles. The van der Waals surface area contributed by atoms with Crippen molar-refractivity contribution in [2.75, 3.05) is 0 Å². The van der Waals surface area contributed by atoms with Crippen LogP contribution in [-0.4, -0.2) is 9.78 Å². The summed E-state index contributed by atoms with van der Waals surface area (Å²) in [5.41, 5.74) is 0.334. The first-order valence-electron chi connectivity index (χ1n) is 4.12. The number of rotatable bonds is 1. The molecule has 2 aromatic rings. The Morgan fingerprint density at radius 2 is 2.13 bits per heavy atom. The molecule has 15 heavy (non-hydrogen) atoms. The highest BCUT2D eigenvalue weighted by Crippen LogP contribution is 2.32. The van der Waals surface area contributed by atoms with Crippen LogP contribution in [0, 0.1) is 0 Å². The molecule has 0 saturated heterocycles. The first-order valence-corrected chi connectivity index (χ1v) is 5.06. The van der Waals surface area contributed by atoms with Gasteiger partial charge in [-0.1, -0.05) is 0 Å². The molecular formula is C9H7F3N2S. The molecule has 0 aromatic carbocycles. The number of aryl methyl sites for hydroxylation is 1. The Labute approximate surface area is 88.0 Å². The monoisotopic (exact) mass is 232 g/mol. The predicted octanol–water partition coefficient (Wildman–Crippen LogP) is 3.17. The second kappa shape index (κ2) is 3.37. The van der Waals surface area contributed by atoms with Gasteiger partial charge in [0.15, 0.2) is 0 Å². The average molecular weight is 232 g/mol. The normalized spacial score (nSPS) is 12.0. The summed E-state index contributed by atoms with van der Waals surface area (Å²) in [5.74, 6) is 0. The lowest BCUT2D eigenvalue weighted by molar-refractivity contribution is -0.143. The zero-order chi connectivity index (χ0) is 11.1. The van der Waals surface area contributed by atoms with Gasteiger partial charge in [0.05, 0.1) is 5.69 Å². The van der Waals surface area contributed by atoms with Gasteiger partial charge >= 0.3 is 6.18 Å². The SMILES string of the molecule is Cn1nc(-c2ccsc2)cc1C(F)(F)F. The van der Waals surface area contributed by atoms with Crippen LogP contribution in [0.2, 0.25) is 0 Å². The first-order chi connectivity index (χ1) is 6.98. The second-order valence-corrected chi connectivity index (χ2v) is 3.83. The van der Waals surface area contributed by atoms with Crippen LogP contribution in [0.1, 0.15) is 5.69 Å². The van der Waals surface area contributed by atoms with Crippen molar-refractivity contribution >= 4 is 11.3 Å². The molecule has 2 nitrogen and oxygen atoms in total. The van der Waals surface area contributed by atoms with Crippen LogP contribution in [0.3, 0.4) is 0 Å². The number of hydrogen-bond donors (Lipinski definition) is 0. The third-order valence-electron chi connectivity index (χ3n) is 1.99. The Bertz CT molecular complexity index is 456. The van der Waals surface area contributed by atoms with Gasteiger partial charge < -0.3 is 0 Å². The van der Waals surface area contributed by atoms with Crippen LogP contribution in [0.5, 0.6) is 0 Å². The quantitative estimate of drug-likeness (QED) is 0.738. The topological polar surface area (TPSA) is 17.8 Å². The summed E-state index contributed by atoms with van der Waals surface area (Å²) in [7, 11) is 1.29. The molecule has 0 unspecified atom stereocenters. The van der Waals surface area contributed by atoms with E-state index in [9.17, 15) is 13.2 Å². The van der Waals surface area contributed by atoms with E-state index in [1.54, 1.807) is 16.8 Å². The lowest BCUT2D eigenvalue weighted by Gasteiger charge is -2.04. The fourth-order valence-corrected chi connectivity index (χ4v) is 1.93. The first kappa shape index (κ1) is 10.2. The number of hydrogen-bond acceptors (Lipinski definition) is 2. The summed E-state index contributed by atoms with van der Waals surface area (Å²) in [6.07, 6.45) is -4.35. The smallest absolute Gasteiger partial charge is 0.263 e. The molecule has 0 aliphatic carbocycles. The molecule has 0 aliphatic rings. The van der Waals surface area contributed by atoms with E-state index in [4.69, 9.17) is 0 Å². The van der Waals surface area contributed by atoms with Crippen molar-refractivity contribution < 1.29 is 13.2 Å². The molecule has 2 rings (SSSR count). The highest BCUT2D eigenvalue weighted by atomic mass is 32.1. The predicted molar refractivity (Wildman–Crippen MR) is 51.5 cm³/mol. The summed E-state index contributed by atoms with van der Waals surface area (Å²) in [6, 6.07) is 2.80. The Morgan fingerprint density at radius 1 is 1.40 bits per heavy atom. The number of thiophene rings is 1. The Kier molecular flexibility index (Phi) is 2.30. The van der Waals surface area contributed by atoms with Gasteiger partial charge in [0.1, 0.15) is 5.69 Å². The molecule has 0 atom stereocenters. The number of halogens is 3. The van der Waals surface area contributed by atoms with Crippen molar-refractivity contribution in [3.63, 3.8) is 0 Å². The summed E-state index contributed by atoms with van der Waals surface area (Å²) < 4.78 is 38.2. The number of alkyl halides is 3. The highest BCUT2D eigenvalue weighted by molar-refractivity contribution is 7.08. The molecule has 0 N–H and O–H groups in total. The Morgan fingerprint density at radius 3 is 2.60 bits per heavy atom. The van der Waals surface area contributed by atoms with Crippen molar-refractivity contribution in [2.24, 2.45) is 7.05 Å². The van der Waals surface area contributed by atoms with Crippen molar-refractivity contribution in [2.45, 2.75) is 6.18 Å². The minimum absolute atomic E-state index is 0.353. The summed E-state index contributed by atoms with van der Waals surface area (Å²) >= 11 is 1.43. The van der Waals surface area contributed by atoms with E-state index in [1.807, 2.05) is 0 Å². The van der Waals surface area contributed by atoms with E-state index >= 15 is 0 Å². The maximum atomic E-state index is 12.4. The molecule has 0 bridgehead atoms. The fraction of sp³-hybridized carbons (Fsp3) is 0.222. The van der Waals surface area contributed by atoms with E-state index in [0.717, 1.165) is 10.7 Å². The molecule has 0 amide bonds. The van der Waals surface area contributed by atoms with Gasteiger partial charge in [-0.3, -0.25) is 4.68 Å². The molecule has 0 aliphatic heterocycles. The van der Waals surface area contributed by atoms with Gasteiger partial charge in [0.2, 0.25) is 0 Å². The second-order valence-electron chi connectivity index (χ2n) is 3.05. The molecule has 6 heteroatoms. The van der Waals surface area contributed by atoms with E-state index in [0.29, 0.717) is 11.3 Å². The van der Waals surface area contributed by atoms with E-state index in [1.165, 1.54) is 18.4 Å². The lowest BCUT2D eigenvalue weighted by atomic mass is 10.2. The van der Waals surface area contributed by atoms with E-state index in [-0.39, 0.29) is 0 Å². The molecule has 0 spiro atoms. The maximum Gasteiger partial charge on any atom is 0.433 e. The average Bonchev–Trinajstić information content (AvgIpc) is 2.68. The van der Waals surface area contributed by atoms with Crippen molar-refractivity contribution in [3.05, 3.63) is 28.6 Å². The minimum Gasteiger partial charge on any atom is -0.263 e. The van der Waals surface area contributed by atoms with Crippen LogP contribution in [0.25, 0.3) is 11.3 Å². The van der Waals surface area contributed by atoms with Gasteiger partial charge in [-0.2, -0.15) is 29.6 Å². The highest BCUT2D eigenvalue weighted by Gasteiger charge is 2.34. The van der Waals surface area contributed by atoms with Crippen LogP contribution in [0.15, 0.2) is 22.9 Å². The lowest BCUT2D eigenvalue weighted by Crippen LogP contribution is -2.11. The summed E-state index contributed by atoms with van der Waals surface area (Å²) in [5, 5.41) is 7.39. The number of aromatic nitrogens is 2.